The molecule has 0 saturated carbocycles. The molecule has 0 aliphatic carbocycles. The Morgan fingerprint density at radius 1 is 1.47 bits per heavy atom. The molecule has 6 nitrogen and oxygen atoms in total. The highest BCUT2D eigenvalue weighted by Crippen LogP contribution is 2.15. The Bertz CT molecular complexity index is 344. The van der Waals surface area contributed by atoms with Crippen LogP contribution in [0.5, 0.6) is 0 Å². The molecule has 1 aromatic rings. The van der Waals surface area contributed by atoms with E-state index < -0.39 is 0 Å². The summed E-state index contributed by atoms with van der Waals surface area (Å²) < 4.78 is 4.36. The maximum atomic E-state index is 11.7. The Kier molecular flexibility index (Phi) is 3.28. The second-order valence-electron chi connectivity index (χ2n) is 3.72. The predicted molar refractivity (Wildman–Crippen MR) is 55.2 cm³/mol. The Balaban J connectivity index is 2.76. The average molecular weight is 212 g/mol. The first kappa shape index (κ1) is 11.5. The fraction of sp³-hybridized carbons (Fsp3) is 0.667. The van der Waals surface area contributed by atoms with E-state index >= 15 is 0 Å². The van der Waals surface area contributed by atoms with Gasteiger partial charge in [0.1, 0.15) is 0 Å². The van der Waals surface area contributed by atoms with E-state index in [0.29, 0.717) is 0 Å². The van der Waals surface area contributed by atoms with Gasteiger partial charge in [-0.1, -0.05) is 13.8 Å². The van der Waals surface area contributed by atoms with Crippen molar-refractivity contribution in [3.63, 3.8) is 0 Å². The number of nitrogen functional groups attached to an aromatic ring is 1. The molecule has 0 atom stereocenters. The lowest BCUT2D eigenvalue weighted by atomic mass is 9.95. The summed E-state index contributed by atoms with van der Waals surface area (Å²) in [7, 11) is 0. The first-order valence-corrected chi connectivity index (χ1v) is 4.93. The summed E-state index contributed by atoms with van der Waals surface area (Å²) in [6, 6.07) is 0. The number of nitrogens with zero attached hydrogens (tertiary/aromatic N) is 2. The normalized spacial score (nSPS) is 11.4. The molecule has 0 fully saturated rings. The zero-order valence-corrected chi connectivity index (χ0v) is 9.20. The van der Waals surface area contributed by atoms with Crippen LogP contribution in [0.15, 0.2) is 4.63 Å². The van der Waals surface area contributed by atoms with Gasteiger partial charge in [0.2, 0.25) is 11.5 Å². The van der Waals surface area contributed by atoms with Gasteiger partial charge in [0, 0.05) is 5.54 Å². The second-order valence-corrected chi connectivity index (χ2v) is 3.72. The highest BCUT2D eigenvalue weighted by atomic mass is 16.6. The molecule has 1 rings (SSSR count). The summed E-state index contributed by atoms with van der Waals surface area (Å²) >= 11 is 0. The SMILES string of the molecule is CCC(C)(CC)NC(=O)c1nonc1N. The zero-order chi connectivity index (χ0) is 11.5. The number of aromatic nitrogens is 2. The van der Waals surface area contributed by atoms with Crippen molar-refractivity contribution in [2.45, 2.75) is 39.2 Å². The van der Waals surface area contributed by atoms with Gasteiger partial charge in [-0.05, 0) is 30.1 Å². The molecule has 0 saturated heterocycles. The van der Waals surface area contributed by atoms with Crippen LogP contribution in [0.1, 0.15) is 44.1 Å². The number of carbonyl (C=O) groups is 1. The molecule has 84 valence electrons. The largest absolute Gasteiger partial charge is 0.379 e. The molecule has 6 heteroatoms. The highest BCUT2D eigenvalue weighted by molar-refractivity contribution is 5.96. The Morgan fingerprint density at radius 3 is 2.47 bits per heavy atom. The Morgan fingerprint density at radius 2 is 2.07 bits per heavy atom. The van der Waals surface area contributed by atoms with Crippen LogP contribution < -0.4 is 11.1 Å². The van der Waals surface area contributed by atoms with Crippen LogP contribution in [-0.2, 0) is 0 Å². The third kappa shape index (κ3) is 2.45. The predicted octanol–water partition coefficient (Wildman–Crippen LogP) is 0.960. The highest BCUT2D eigenvalue weighted by Gasteiger charge is 2.25. The smallest absolute Gasteiger partial charge is 0.277 e. The number of hydrogen-bond acceptors (Lipinski definition) is 5. The lowest BCUT2D eigenvalue weighted by Crippen LogP contribution is -2.45. The maximum Gasteiger partial charge on any atom is 0.277 e. The van der Waals surface area contributed by atoms with Crippen LogP contribution in [-0.4, -0.2) is 21.8 Å². The maximum absolute atomic E-state index is 11.7. The standard InChI is InChI=1S/C9H16N4O2/c1-4-9(3,5-2)11-8(14)6-7(10)13-15-12-6/h4-5H2,1-3H3,(H2,10,13)(H,11,14). The molecule has 0 spiro atoms. The van der Waals surface area contributed by atoms with E-state index in [4.69, 9.17) is 5.73 Å². The molecule has 1 aromatic heterocycles. The van der Waals surface area contributed by atoms with E-state index in [2.05, 4.69) is 20.3 Å². The quantitative estimate of drug-likeness (QED) is 0.775. The minimum atomic E-state index is -0.347. The van der Waals surface area contributed by atoms with Gasteiger partial charge in [-0.25, -0.2) is 4.63 Å². The van der Waals surface area contributed by atoms with E-state index in [1.165, 1.54) is 0 Å². The van der Waals surface area contributed by atoms with E-state index in [0.717, 1.165) is 12.8 Å². The van der Waals surface area contributed by atoms with Gasteiger partial charge in [0.05, 0.1) is 0 Å². The van der Waals surface area contributed by atoms with Gasteiger partial charge in [0.25, 0.3) is 5.91 Å². The third-order valence-electron chi connectivity index (χ3n) is 2.70. The van der Waals surface area contributed by atoms with Crippen LogP contribution in [0, 0.1) is 0 Å². The van der Waals surface area contributed by atoms with Gasteiger partial charge in [-0.2, -0.15) is 0 Å². The molecule has 1 amide bonds. The third-order valence-corrected chi connectivity index (χ3v) is 2.70. The zero-order valence-electron chi connectivity index (χ0n) is 9.20. The second kappa shape index (κ2) is 4.29. The van der Waals surface area contributed by atoms with Gasteiger partial charge >= 0.3 is 0 Å². The molecule has 1 heterocycles. The van der Waals surface area contributed by atoms with E-state index in [1.807, 2.05) is 20.8 Å². The summed E-state index contributed by atoms with van der Waals surface area (Å²) in [5, 5.41) is 9.65. The number of rotatable bonds is 4. The fourth-order valence-electron chi connectivity index (χ4n) is 1.11. The molecule has 0 radical (unpaired) electrons. The number of amides is 1. The van der Waals surface area contributed by atoms with E-state index in [9.17, 15) is 4.79 Å². The molecule has 3 N–H and O–H groups in total. The van der Waals surface area contributed by atoms with Crippen molar-refractivity contribution in [1.29, 1.82) is 0 Å². The summed E-state index contributed by atoms with van der Waals surface area (Å²) in [5.41, 5.74) is 5.21. The Hall–Kier alpha value is -1.59. The number of hydrogen-bond donors (Lipinski definition) is 2. The van der Waals surface area contributed by atoms with Crippen molar-refractivity contribution >= 4 is 11.7 Å². The topological polar surface area (TPSA) is 94.0 Å². The van der Waals surface area contributed by atoms with Gasteiger partial charge in [-0.15, -0.1) is 0 Å². The van der Waals surface area contributed by atoms with Crippen LogP contribution in [0.3, 0.4) is 0 Å². The first-order valence-electron chi connectivity index (χ1n) is 4.93. The molecule has 0 aliphatic heterocycles. The molecular weight excluding hydrogens is 196 g/mol. The number of anilines is 1. The molecular formula is C9H16N4O2. The van der Waals surface area contributed by atoms with Gasteiger partial charge in [0.15, 0.2) is 0 Å². The summed E-state index contributed by atoms with van der Waals surface area (Å²) in [6.45, 7) is 5.98. The van der Waals surface area contributed by atoms with Crippen molar-refractivity contribution in [2.75, 3.05) is 5.73 Å². The van der Waals surface area contributed by atoms with Gasteiger partial charge in [-0.3, -0.25) is 4.79 Å². The summed E-state index contributed by atoms with van der Waals surface area (Å²) in [6.07, 6.45) is 1.67. The van der Waals surface area contributed by atoms with Crippen LogP contribution in [0.2, 0.25) is 0 Å². The molecule has 0 aliphatic rings. The number of nitrogens with one attached hydrogen (secondary N) is 1. The van der Waals surface area contributed by atoms with Crippen molar-refractivity contribution in [3.05, 3.63) is 5.69 Å². The monoisotopic (exact) mass is 212 g/mol. The number of carbonyl (C=O) groups excluding carboxylic acids is 1. The lowest BCUT2D eigenvalue weighted by Gasteiger charge is -2.27. The summed E-state index contributed by atoms with van der Waals surface area (Å²) in [5.74, 6) is -0.331. The van der Waals surface area contributed by atoms with Gasteiger partial charge < -0.3 is 11.1 Å². The molecule has 15 heavy (non-hydrogen) atoms. The molecule has 0 unspecified atom stereocenters. The van der Waals surface area contributed by atoms with E-state index in [1.54, 1.807) is 0 Å². The molecule has 0 bridgehead atoms. The van der Waals surface area contributed by atoms with E-state index in [-0.39, 0.29) is 23.0 Å². The van der Waals surface area contributed by atoms with Crippen molar-refractivity contribution < 1.29 is 9.42 Å². The summed E-state index contributed by atoms with van der Waals surface area (Å²) in [4.78, 5) is 11.7. The van der Waals surface area contributed by atoms with Crippen LogP contribution in [0.25, 0.3) is 0 Å². The number of nitrogens with two attached hydrogens (primary N) is 1. The lowest BCUT2D eigenvalue weighted by molar-refractivity contribution is 0.0891. The minimum Gasteiger partial charge on any atom is -0.379 e. The Labute approximate surface area is 88.2 Å². The van der Waals surface area contributed by atoms with Crippen molar-refractivity contribution in [2.24, 2.45) is 0 Å². The fourth-order valence-corrected chi connectivity index (χ4v) is 1.11. The van der Waals surface area contributed by atoms with Crippen molar-refractivity contribution in [1.82, 2.24) is 15.6 Å². The molecule has 0 aromatic carbocycles. The van der Waals surface area contributed by atoms with Crippen LogP contribution in [0.4, 0.5) is 5.82 Å². The van der Waals surface area contributed by atoms with Crippen molar-refractivity contribution in [3.8, 4) is 0 Å². The minimum absolute atomic E-state index is 0.0158. The first-order chi connectivity index (χ1) is 7.02. The average Bonchev–Trinajstić information content (AvgIpc) is 2.64. The van der Waals surface area contributed by atoms with Crippen LogP contribution >= 0.6 is 0 Å².